The monoisotopic (exact) mass is 229 g/mol. The van der Waals surface area contributed by atoms with Gasteiger partial charge in [0.05, 0.1) is 0 Å². The Labute approximate surface area is 99.8 Å². The fourth-order valence-electron chi connectivity index (χ4n) is 2.11. The van der Waals surface area contributed by atoms with Crippen molar-refractivity contribution < 1.29 is 9.90 Å². The van der Waals surface area contributed by atoms with E-state index in [9.17, 15) is 4.79 Å². The number of nitrogens with zero attached hydrogens (tertiary/aromatic N) is 1. The third-order valence-electron chi connectivity index (χ3n) is 2.93. The summed E-state index contributed by atoms with van der Waals surface area (Å²) in [4.78, 5) is 13.3. The zero-order chi connectivity index (χ0) is 12.4. The van der Waals surface area contributed by atoms with Crippen LogP contribution in [0.4, 0.5) is 0 Å². The summed E-state index contributed by atoms with van der Waals surface area (Å²) >= 11 is 0. The van der Waals surface area contributed by atoms with Crippen LogP contribution >= 0.6 is 0 Å². The maximum Gasteiger partial charge on any atom is 0.127 e. The van der Waals surface area contributed by atoms with Crippen LogP contribution in [-0.4, -0.2) is 43.0 Å². The van der Waals surface area contributed by atoms with E-state index in [-0.39, 0.29) is 12.0 Å². The van der Waals surface area contributed by atoms with Gasteiger partial charge in [-0.3, -0.25) is 0 Å². The van der Waals surface area contributed by atoms with E-state index in [0.29, 0.717) is 0 Å². The molecule has 0 rings (SSSR count). The Morgan fingerprint density at radius 1 is 1.31 bits per heavy atom. The lowest BCUT2D eigenvalue weighted by Gasteiger charge is -2.28. The van der Waals surface area contributed by atoms with Crippen LogP contribution in [0.15, 0.2) is 0 Å². The molecular weight excluding hydrogens is 202 g/mol. The second kappa shape index (κ2) is 8.71. The molecule has 0 spiro atoms. The van der Waals surface area contributed by atoms with E-state index in [1.165, 1.54) is 0 Å². The average Bonchev–Trinajstić information content (AvgIpc) is 2.25. The van der Waals surface area contributed by atoms with E-state index in [0.717, 1.165) is 51.5 Å². The molecule has 0 aromatic heterocycles. The normalized spacial score (nSPS) is 15.1. The molecule has 0 aromatic carbocycles. The summed E-state index contributed by atoms with van der Waals surface area (Å²) in [6.07, 6.45) is 6.14. The fourth-order valence-corrected chi connectivity index (χ4v) is 2.11. The Morgan fingerprint density at radius 2 is 2.00 bits per heavy atom. The molecule has 0 aliphatic rings. The minimum absolute atomic E-state index is 0.194. The summed E-state index contributed by atoms with van der Waals surface area (Å²) in [6, 6.07) is 0. The maximum atomic E-state index is 11.1. The van der Waals surface area contributed by atoms with Gasteiger partial charge in [0, 0.05) is 18.6 Å². The van der Waals surface area contributed by atoms with Crippen molar-refractivity contribution in [1.29, 1.82) is 0 Å². The largest absolute Gasteiger partial charge is 0.396 e. The molecule has 0 aliphatic heterocycles. The molecule has 0 amide bonds. The van der Waals surface area contributed by atoms with Gasteiger partial charge in [0.1, 0.15) is 6.29 Å². The van der Waals surface area contributed by atoms with Gasteiger partial charge in [-0.25, -0.2) is 0 Å². The lowest BCUT2D eigenvalue weighted by atomic mass is 9.87. The molecule has 0 aromatic rings. The summed E-state index contributed by atoms with van der Waals surface area (Å²) in [5.74, 6) is 0. The second-order valence-electron chi connectivity index (χ2n) is 5.04. The van der Waals surface area contributed by atoms with Crippen molar-refractivity contribution in [2.75, 3.05) is 26.7 Å². The highest BCUT2D eigenvalue weighted by atomic mass is 16.2. The zero-order valence-corrected chi connectivity index (χ0v) is 11.0. The first-order valence-corrected chi connectivity index (χ1v) is 6.33. The summed E-state index contributed by atoms with van der Waals surface area (Å²) < 4.78 is 0. The van der Waals surface area contributed by atoms with Gasteiger partial charge in [0.2, 0.25) is 0 Å². The van der Waals surface area contributed by atoms with E-state index in [1.807, 2.05) is 6.92 Å². The smallest absolute Gasteiger partial charge is 0.127 e. The summed E-state index contributed by atoms with van der Waals surface area (Å²) in [7, 11) is 2.07. The van der Waals surface area contributed by atoms with Crippen LogP contribution in [0.2, 0.25) is 0 Å². The summed E-state index contributed by atoms with van der Waals surface area (Å²) in [6.45, 7) is 6.28. The number of hydrogen-bond donors (Lipinski definition) is 1. The number of carbonyl (C=O) groups is 1. The second-order valence-corrected chi connectivity index (χ2v) is 5.04. The highest BCUT2D eigenvalue weighted by molar-refractivity contribution is 5.58. The Kier molecular flexibility index (Phi) is 8.49. The lowest BCUT2D eigenvalue weighted by molar-refractivity contribution is -0.116. The van der Waals surface area contributed by atoms with E-state index in [1.54, 1.807) is 0 Å². The molecule has 16 heavy (non-hydrogen) atoms. The number of rotatable bonds is 10. The van der Waals surface area contributed by atoms with Crippen LogP contribution in [0, 0.1) is 5.41 Å². The van der Waals surface area contributed by atoms with Crippen LogP contribution in [0.1, 0.15) is 46.0 Å². The molecule has 0 radical (unpaired) electrons. The van der Waals surface area contributed by atoms with Gasteiger partial charge in [0.15, 0.2) is 0 Å². The van der Waals surface area contributed by atoms with Crippen molar-refractivity contribution >= 4 is 6.29 Å². The number of unbranched alkanes of at least 4 members (excludes halogenated alkanes) is 2. The van der Waals surface area contributed by atoms with Crippen LogP contribution in [-0.2, 0) is 4.79 Å². The highest BCUT2D eigenvalue weighted by Gasteiger charge is 2.23. The third-order valence-corrected chi connectivity index (χ3v) is 2.93. The molecule has 1 N–H and O–H groups in total. The van der Waals surface area contributed by atoms with Gasteiger partial charge < -0.3 is 14.8 Å². The first-order valence-electron chi connectivity index (χ1n) is 6.33. The standard InChI is InChI=1S/C13H27NO2/c1-4-8-13(2,12-16)11-14(3)9-6-5-7-10-15/h12,15H,4-11H2,1-3H3. The van der Waals surface area contributed by atoms with E-state index < -0.39 is 0 Å². The Bertz CT molecular complexity index is 185. The molecule has 1 atom stereocenters. The topological polar surface area (TPSA) is 40.5 Å². The van der Waals surface area contributed by atoms with Crippen LogP contribution in [0.3, 0.4) is 0 Å². The van der Waals surface area contributed by atoms with Gasteiger partial charge in [-0.1, -0.05) is 20.3 Å². The predicted molar refractivity (Wildman–Crippen MR) is 67.5 cm³/mol. The molecule has 96 valence electrons. The Balaban J connectivity index is 3.82. The third kappa shape index (κ3) is 6.96. The van der Waals surface area contributed by atoms with Gasteiger partial charge in [0.25, 0.3) is 0 Å². The van der Waals surface area contributed by atoms with Gasteiger partial charge >= 0.3 is 0 Å². The van der Waals surface area contributed by atoms with Crippen molar-refractivity contribution in [1.82, 2.24) is 4.90 Å². The first-order chi connectivity index (χ1) is 7.58. The van der Waals surface area contributed by atoms with Crippen LogP contribution in [0.5, 0.6) is 0 Å². The first kappa shape index (κ1) is 15.6. The van der Waals surface area contributed by atoms with E-state index >= 15 is 0 Å². The Hall–Kier alpha value is -0.410. The summed E-state index contributed by atoms with van der Waals surface area (Å²) in [5, 5.41) is 8.67. The lowest BCUT2D eigenvalue weighted by Crippen LogP contribution is -2.35. The zero-order valence-electron chi connectivity index (χ0n) is 11.0. The van der Waals surface area contributed by atoms with Crippen molar-refractivity contribution in [3.8, 4) is 0 Å². The maximum absolute atomic E-state index is 11.1. The van der Waals surface area contributed by atoms with Crippen molar-refractivity contribution in [2.45, 2.75) is 46.0 Å². The van der Waals surface area contributed by atoms with Crippen LogP contribution in [0.25, 0.3) is 0 Å². The molecule has 3 nitrogen and oxygen atoms in total. The SMILES string of the molecule is CCCC(C)(C=O)CN(C)CCCCCO. The number of hydrogen-bond acceptors (Lipinski definition) is 3. The number of aldehydes is 1. The van der Waals surface area contributed by atoms with Gasteiger partial charge in [-0.15, -0.1) is 0 Å². The minimum Gasteiger partial charge on any atom is -0.396 e. The molecule has 0 saturated heterocycles. The minimum atomic E-state index is -0.194. The summed E-state index contributed by atoms with van der Waals surface area (Å²) in [5.41, 5.74) is -0.194. The molecule has 1 unspecified atom stereocenters. The van der Waals surface area contributed by atoms with Gasteiger partial charge in [-0.05, 0) is 39.3 Å². The average molecular weight is 229 g/mol. The van der Waals surface area contributed by atoms with Crippen molar-refractivity contribution in [3.63, 3.8) is 0 Å². The van der Waals surface area contributed by atoms with E-state index in [2.05, 4.69) is 18.9 Å². The van der Waals surface area contributed by atoms with E-state index in [4.69, 9.17) is 5.11 Å². The highest BCUT2D eigenvalue weighted by Crippen LogP contribution is 2.21. The van der Waals surface area contributed by atoms with Crippen molar-refractivity contribution in [3.05, 3.63) is 0 Å². The fraction of sp³-hybridized carbons (Fsp3) is 0.923. The molecule has 3 heteroatoms. The quantitative estimate of drug-likeness (QED) is 0.460. The number of carbonyl (C=O) groups excluding carboxylic acids is 1. The molecule has 0 aliphatic carbocycles. The number of aliphatic hydroxyl groups excluding tert-OH is 1. The van der Waals surface area contributed by atoms with Crippen LogP contribution < -0.4 is 0 Å². The molecule has 0 bridgehead atoms. The molecule has 0 fully saturated rings. The Morgan fingerprint density at radius 3 is 2.50 bits per heavy atom. The predicted octanol–water partition coefficient (Wildman–Crippen LogP) is 2.09. The van der Waals surface area contributed by atoms with Gasteiger partial charge in [-0.2, -0.15) is 0 Å². The molecule has 0 saturated carbocycles. The van der Waals surface area contributed by atoms with Crippen molar-refractivity contribution in [2.24, 2.45) is 5.41 Å². The number of aliphatic hydroxyl groups is 1. The molecular formula is C13H27NO2. The molecule has 0 heterocycles.